The van der Waals surface area contributed by atoms with E-state index in [-0.39, 0.29) is 11.9 Å². The van der Waals surface area contributed by atoms with Crippen molar-refractivity contribution in [2.45, 2.75) is 32.2 Å². The first-order valence-corrected chi connectivity index (χ1v) is 6.61. The van der Waals surface area contributed by atoms with Gasteiger partial charge < -0.3 is 5.32 Å². The molecule has 17 heavy (non-hydrogen) atoms. The minimum absolute atomic E-state index is 0.109. The van der Waals surface area contributed by atoms with Crippen molar-refractivity contribution in [3.63, 3.8) is 0 Å². The molecule has 0 saturated heterocycles. The van der Waals surface area contributed by atoms with Gasteiger partial charge in [-0.15, -0.1) is 0 Å². The lowest BCUT2D eigenvalue weighted by molar-refractivity contribution is 0.368. The van der Waals surface area contributed by atoms with Crippen LogP contribution in [0.15, 0.2) is 18.2 Å². The summed E-state index contributed by atoms with van der Waals surface area (Å²) in [6.07, 6.45) is 3.60. The Morgan fingerprint density at radius 2 is 2.18 bits per heavy atom. The summed E-state index contributed by atoms with van der Waals surface area (Å²) in [5, 5.41) is 3.72. The molecule has 0 radical (unpaired) electrons. The topological polar surface area (TPSA) is 12.0 Å². The van der Waals surface area contributed by atoms with E-state index in [1.807, 2.05) is 13.1 Å². The largest absolute Gasteiger partial charge is 0.313 e. The van der Waals surface area contributed by atoms with E-state index >= 15 is 0 Å². The average Bonchev–Trinajstić information content (AvgIpc) is 2.69. The minimum Gasteiger partial charge on any atom is -0.313 e. The molecule has 1 aromatic rings. The Labute approximate surface area is 107 Å². The van der Waals surface area contributed by atoms with Crippen molar-refractivity contribution in [2.75, 3.05) is 7.05 Å². The van der Waals surface area contributed by atoms with Crippen molar-refractivity contribution >= 4 is 11.6 Å². The van der Waals surface area contributed by atoms with Gasteiger partial charge in [-0.2, -0.15) is 0 Å². The van der Waals surface area contributed by atoms with Gasteiger partial charge in [0.1, 0.15) is 5.82 Å². The lowest BCUT2D eigenvalue weighted by Crippen LogP contribution is -2.24. The van der Waals surface area contributed by atoms with E-state index in [9.17, 15) is 4.39 Å². The van der Waals surface area contributed by atoms with Crippen LogP contribution >= 0.6 is 11.6 Å². The van der Waals surface area contributed by atoms with Gasteiger partial charge in [0.25, 0.3) is 0 Å². The van der Waals surface area contributed by atoms with E-state index in [0.717, 1.165) is 11.5 Å². The molecule has 0 heterocycles. The second-order valence-electron chi connectivity index (χ2n) is 5.11. The molecule has 3 heteroatoms. The van der Waals surface area contributed by atoms with Crippen LogP contribution in [0.3, 0.4) is 0 Å². The van der Waals surface area contributed by atoms with Crippen LogP contribution in [0.25, 0.3) is 0 Å². The highest BCUT2D eigenvalue weighted by Gasteiger charge is 2.30. The number of halogens is 2. The van der Waals surface area contributed by atoms with Crippen molar-refractivity contribution < 1.29 is 4.39 Å². The highest BCUT2D eigenvalue weighted by Crippen LogP contribution is 2.39. The van der Waals surface area contributed by atoms with Gasteiger partial charge >= 0.3 is 0 Å². The summed E-state index contributed by atoms with van der Waals surface area (Å²) in [5.74, 6) is 1.09. The molecule has 0 spiro atoms. The molecule has 0 aliphatic heterocycles. The van der Waals surface area contributed by atoms with Crippen molar-refractivity contribution in [3.8, 4) is 0 Å². The molecule has 1 aromatic carbocycles. The first kappa shape index (κ1) is 12.8. The first-order chi connectivity index (χ1) is 8.11. The maximum atomic E-state index is 13.9. The Morgan fingerprint density at radius 1 is 1.41 bits per heavy atom. The Morgan fingerprint density at radius 3 is 2.71 bits per heavy atom. The second-order valence-corrected chi connectivity index (χ2v) is 5.55. The van der Waals surface area contributed by atoms with E-state index in [4.69, 9.17) is 11.6 Å². The van der Waals surface area contributed by atoms with Gasteiger partial charge in [-0.3, -0.25) is 0 Å². The molecule has 1 saturated carbocycles. The normalized spacial score (nSPS) is 26.1. The summed E-state index contributed by atoms with van der Waals surface area (Å²) in [6, 6.07) is 5.08. The zero-order valence-electron chi connectivity index (χ0n) is 10.3. The lowest BCUT2D eigenvalue weighted by atomic mass is 9.91. The van der Waals surface area contributed by atoms with Crippen LogP contribution in [0.1, 0.15) is 37.8 Å². The third-order valence-corrected chi connectivity index (χ3v) is 4.05. The highest BCUT2D eigenvalue weighted by atomic mass is 35.5. The zero-order chi connectivity index (χ0) is 12.4. The summed E-state index contributed by atoms with van der Waals surface area (Å²) in [7, 11) is 1.90. The fourth-order valence-electron chi connectivity index (χ4n) is 2.95. The fourth-order valence-corrected chi connectivity index (χ4v) is 3.11. The van der Waals surface area contributed by atoms with E-state index in [1.54, 1.807) is 6.07 Å². The standard InChI is InChI=1S/C14H19ClFN/c1-9-3-4-10(7-9)14(17-2)12-6-5-11(15)8-13(12)16/h5-6,8-10,14,17H,3-4,7H2,1-2H3. The van der Waals surface area contributed by atoms with Crippen LogP contribution in [0, 0.1) is 17.7 Å². The van der Waals surface area contributed by atoms with Crippen molar-refractivity contribution in [1.82, 2.24) is 5.32 Å². The molecule has 1 N–H and O–H groups in total. The van der Waals surface area contributed by atoms with Gasteiger partial charge in [-0.1, -0.05) is 31.0 Å². The number of rotatable bonds is 3. The van der Waals surface area contributed by atoms with Crippen LogP contribution in [0.2, 0.25) is 5.02 Å². The third-order valence-electron chi connectivity index (χ3n) is 3.82. The van der Waals surface area contributed by atoms with Gasteiger partial charge in [-0.25, -0.2) is 4.39 Å². The van der Waals surface area contributed by atoms with Crippen LogP contribution in [-0.2, 0) is 0 Å². The van der Waals surface area contributed by atoms with Gasteiger partial charge in [0.15, 0.2) is 0 Å². The Hall–Kier alpha value is -0.600. The molecule has 1 fully saturated rings. The molecule has 3 unspecified atom stereocenters. The summed E-state index contributed by atoms with van der Waals surface area (Å²) >= 11 is 5.79. The van der Waals surface area contributed by atoms with Crippen LogP contribution in [-0.4, -0.2) is 7.05 Å². The summed E-state index contributed by atoms with van der Waals surface area (Å²) < 4.78 is 13.9. The molecule has 0 bridgehead atoms. The number of hydrogen-bond acceptors (Lipinski definition) is 1. The van der Waals surface area contributed by atoms with E-state index in [2.05, 4.69) is 12.2 Å². The molecule has 1 nitrogen and oxygen atoms in total. The lowest BCUT2D eigenvalue weighted by Gasteiger charge is -2.24. The molecule has 3 atom stereocenters. The molecule has 1 aliphatic carbocycles. The maximum absolute atomic E-state index is 13.9. The summed E-state index contributed by atoms with van der Waals surface area (Å²) in [4.78, 5) is 0. The van der Waals surface area contributed by atoms with Crippen LogP contribution in [0.4, 0.5) is 4.39 Å². The van der Waals surface area contributed by atoms with E-state index in [1.165, 1.54) is 25.3 Å². The molecular weight excluding hydrogens is 237 g/mol. The number of nitrogens with one attached hydrogen (secondary N) is 1. The van der Waals surface area contributed by atoms with Crippen LogP contribution in [0.5, 0.6) is 0 Å². The van der Waals surface area contributed by atoms with Gasteiger partial charge in [0.05, 0.1) is 0 Å². The van der Waals surface area contributed by atoms with Gasteiger partial charge in [-0.05, 0) is 43.9 Å². The predicted octanol–water partition coefficient (Wildman–Crippen LogP) is 4.18. The molecular formula is C14H19ClFN. The summed E-state index contributed by atoms with van der Waals surface area (Å²) in [6.45, 7) is 2.27. The fraction of sp³-hybridized carbons (Fsp3) is 0.571. The average molecular weight is 256 g/mol. The van der Waals surface area contributed by atoms with Crippen molar-refractivity contribution in [2.24, 2.45) is 11.8 Å². The Balaban J connectivity index is 2.23. The second kappa shape index (κ2) is 5.36. The number of hydrogen-bond donors (Lipinski definition) is 1. The molecule has 1 aliphatic rings. The predicted molar refractivity (Wildman–Crippen MR) is 69.7 cm³/mol. The zero-order valence-corrected chi connectivity index (χ0v) is 11.1. The van der Waals surface area contributed by atoms with Gasteiger partial charge in [0, 0.05) is 16.6 Å². The molecule has 0 aromatic heterocycles. The van der Waals surface area contributed by atoms with Gasteiger partial charge in [0.2, 0.25) is 0 Å². The SMILES string of the molecule is CNC(c1ccc(Cl)cc1F)C1CCC(C)C1. The van der Waals surface area contributed by atoms with E-state index < -0.39 is 0 Å². The third kappa shape index (κ3) is 2.80. The smallest absolute Gasteiger partial charge is 0.129 e. The monoisotopic (exact) mass is 255 g/mol. The number of benzene rings is 1. The quantitative estimate of drug-likeness (QED) is 0.855. The van der Waals surface area contributed by atoms with Crippen LogP contribution < -0.4 is 5.32 Å². The Bertz CT molecular complexity index is 394. The maximum Gasteiger partial charge on any atom is 0.129 e. The van der Waals surface area contributed by atoms with Crippen molar-refractivity contribution in [3.05, 3.63) is 34.6 Å². The highest BCUT2D eigenvalue weighted by molar-refractivity contribution is 6.30. The Kier molecular flexibility index (Phi) is 4.05. The van der Waals surface area contributed by atoms with Crippen molar-refractivity contribution in [1.29, 1.82) is 0 Å². The molecule has 2 rings (SSSR count). The van der Waals surface area contributed by atoms with E-state index in [0.29, 0.717) is 10.9 Å². The summed E-state index contributed by atoms with van der Waals surface area (Å²) in [5.41, 5.74) is 0.746. The molecule has 94 valence electrons. The minimum atomic E-state index is -0.198. The first-order valence-electron chi connectivity index (χ1n) is 6.24. The molecule has 0 amide bonds.